The first kappa shape index (κ1) is 9.59. The van der Waals surface area contributed by atoms with Crippen molar-refractivity contribution in [3.8, 4) is 0 Å². The standard InChI is InChI=1S/C11H13F2N/c12-10-3-1-2-8(5-10)4-9-6-14-7-11(9)13/h1-3,5,9,11,14H,4,6-7H2. The topological polar surface area (TPSA) is 12.0 Å². The summed E-state index contributed by atoms with van der Waals surface area (Å²) in [5, 5.41) is 2.99. The van der Waals surface area contributed by atoms with Gasteiger partial charge in [-0.05, 0) is 24.1 Å². The minimum atomic E-state index is -0.793. The smallest absolute Gasteiger partial charge is 0.123 e. The normalized spacial score (nSPS) is 26.7. The summed E-state index contributed by atoms with van der Waals surface area (Å²) in [4.78, 5) is 0. The van der Waals surface area contributed by atoms with Gasteiger partial charge >= 0.3 is 0 Å². The van der Waals surface area contributed by atoms with Crippen molar-refractivity contribution in [2.45, 2.75) is 12.6 Å². The summed E-state index contributed by atoms with van der Waals surface area (Å²) in [5.41, 5.74) is 0.876. The molecule has 2 rings (SSSR count). The molecule has 1 aliphatic heterocycles. The Hall–Kier alpha value is -0.960. The van der Waals surface area contributed by atoms with Gasteiger partial charge in [-0.25, -0.2) is 8.78 Å². The molecule has 1 saturated heterocycles. The number of hydrogen-bond acceptors (Lipinski definition) is 1. The van der Waals surface area contributed by atoms with Crippen LogP contribution in [0.25, 0.3) is 0 Å². The van der Waals surface area contributed by atoms with E-state index < -0.39 is 6.17 Å². The SMILES string of the molecule is Fc1cccc(CC2CNCC2F)c1. The lowest BCUT2D eigenvalue weighted by Crippen LogP contribution is -2.15. The highest BCUT2D eigenvalue weighted by atomic mass is 19.1. The predicted octanol–water partition coefficient (Wildman–Crippen LogP) is 1.93. The van der Waals surface area contributed by atoms with E-state index in [1.165, 1.54) is 12.1 Å². The Morgan fingerprint density at radius 3 is 2.86 bits per heavy atom. The van der Waals surface area contributed by atoms with Gasteiger partial charge in [-0.2, -0.15) is 0 Å². The fraction of sp³-hybridized carbons (Fsp3) is 0.455. The predicted molar refractivity (Wildman–Crippen MR) is 51.4 cm³/mol. The van der Waals surface area contributed by atoms with E-state index in [0.717, 1.165) is 5.56 Å². The first-order chi connectivity index (χ1) is 6.75. The highest BCUT2D eigenvalue weighted by molar-refractivity contribution is 5.17. The Labute approximate surface area is 82.1 Å². The molecule has 1 fully saturated rings. The maximum Gasteiger partial charge on any atom is 0.123 e. The average molecular weight is 197 g/mol. The van der Waals surface area contributed by atoms with E-state index in [4.69, 9.17) is 0 Å². The molecule has 1 aromatic rings. The van der Waals surface area contributed by atoms with Crippen LogP contribution in [-0.4, -0.2) is 19.3 Å². The van der Waals surface area contributed by atoms with Crippen LogP contribution in [0.15, 0.2) is 24.3 Å². The molecule has 1 aliphatic rings. The molecule has 3 heteroatoms. The lowest BCUT2D eigenvalue weighted by atomic mass is 9.97. The van der Waals surface area contributed by atoms with Crippen LogP contribution in [0.2, 0.25) is 0 Å². The second-order valence-corrected chi connectivity index (χ2v) is 3.77. The highest BCUT2D eigenvalue weighted by Crippen LogP contribution is 2.18. The number of nitrogens with one attached hydrogen (secondary N) is 1. The number of hydrogen-bond donors (Lipinski definition) is 1. The third kappa shape index (κ3) is 2.10. The van der Waals surface area contributed by atoms with Gasteiger partial charge in [-0.15, -0.1) is 0 Å². The molecular weight excluding hydrogens is 184 g/mol. The van der Waals surface area contributed by atoms with Crippen LogP contribution in [0, 0.1) is 11.7 Å². The van der Waals surface area contributed by atoms with Crippen molar-refractivity contribution in [1.82, 2.24) is 5.32 Å². The zero-order chi connectivity index (χ0) is 9.97. The first-order valence-electron chi connectivity index (χ1n) is 4.85. The minimum absolute atomic E-state index is 0.00296. The van der Waals surface area contributed by atoms with Crippen LogP contribution in [0.4, 0.5) is 8.78 Å². The monoisotopic (exact) mass is 197 g/mol. The van der Waals surface area contributed by atoms with Gasteiger partial charge in [0.2, 0.25) is 0 Å². The Balaban J connectivity index is 2.03. The third-order valence-corrected chi connectivity index (χ3v) is 2.64. The summed E-state index contributed by atoms with van der Waals surface area (Å²) in [6.45, 7) is 1.12. The summed E-state index contributed by atoms with van der Waals surface area (Å²) >= 11 is 0. The Morgan fingerprint density at radius 1 is 1.36 bits per heavy atom. The number of rotatable bonds is 2. The van der Waals surface area contributed by atoms with Crippen LogP contribution in [0.3, 0.4) is 0 Å². The molecule has 2 unspecified atom stereocenters. The van der Waals surface area contributed by atoms with E-state index in [0.29, 0.717) is 19.5 Å². The number of benzene rings is 1. The second-order valence-electron chi connectivity index (χ2n) is 3.77. The molecule has 0 spiro atoms. The van der Waals surface area contributed by atoms with Crippen molar-refractivity contribution in [2.24, 2.45) is 5.92 Å². The van der Waals surface area contributed by atoms with E-state index in [9.17, 15) is 8.78 Å². The Bertz CT molecular complexity index is 314. The van der Waals surface area contributed by atoms with E-state index >= 15 is 0 Å². The largest absolute Gasteiger partial charge is 0.313 e. The van der Waals surface area contributed by atoms with E-state index in [-0.39, 0.29) is 11.7 Å². The lowest BCUT2D eigenvalue weighted by molar-refractivity contribution is 0.282. The Kier molecular flexibility index (Phi) is 2.77. The molecule has 1 nitrogen and oxygen atoms in total. The van der Waals surface area contributed by atoms with Gasteiger partial charge in [0.25, 0.3) is 0 Å². The minimum Gasteiger partial charge on any atom is -0.313 e. The Morgan fingerprint density at radius 2 is 2.21 bits per heavy atom. The van der Waals surface area contributed by atoms with Crippen molar-refractivity contribution in [1.29, 1.82) is 0 Å². The van der Waals surface area contributed by atoms with Gasteiger partial charge in [0.15, 0.2) is 0 Å². The molecule has 0 saturated carbocycles. The van der Waals surface area contributed by atoms with E-state index in [1.54, 1.807) is 6.07 Å². The van der Waals surface area contributed by atoms with Gasteiger partial charge in [0.05, 0.1) is 0 Å². The summed E-state index contributed by atoms with van der Waals surface area (Å²) < 4.78 is 26.0. The van der Waals surface area contributed by atoms with Gasteiger partial charge in [0, 0.05) is 19.0 Å². The number of halogens is 2. The quantitative estimate of drug-likeness (QED) is 0.763. The van der Waals surface area contributed by atoms with Gasteiger partial charge in [-0.1, -0.05) is 12.1 Å². The fourth-order valence-corrected chi connectivity index (χ4v) is 1.87. The second kappa shape index (κ2) is 4.05. The zero-order valence-electron chi connectivity index (χ0n) is 7.84. The average Bonchev–Trinajstić information content (AvgIpc) is 2.52. The third-order valence-electron chi connectivity index (χ3n) is 2.64. The lowest BCUT2D eigenvalue weighted by Gasteiger charge is -2.11. The van der Waals surface area contributed by atoms with Crippen molar-refractivity contribution >= 4 is 0 Å². The molecule has 0 bridgehead atoms. The zero-order valence-corrected chi connectivity index (χ0v) is 7.84. The van der Waals surface area contributed by atoms with Crippen LogP contribution >= 0.6 is 0 Å². The molecule has 0 aliphatic carbocycles. The molecule has 0 amide bonds. The number of alkyl halides is 1. The molecule has 0 radical (unpaired) electrons. The van der Waals surface area contributed by atoms with Crippen molar-refractivity contribution in [3.05, 3.63) is 35.6 Å². The van der Waals surface area contributed by atoms with Crippen molar-refractivity contribution in [2.75, 3.05) is 13.1 Å². The molecule has 76 valence electrons. The van der Waals surface area contributed by atoms with Crippen LogP contribution in [-0.2, 0) is 6.42 Å². The van der Waals surface area contributed by atoms with Crippen molar-refractivity contribution < 1.29 is 8.78 Å². The van der Waals surface area contributed by atoms with Crippen LogP contribution in [0.5, 0.6) is 0 Å². The molecular formula is C11H13F2N. The fourth-order valence-electron chi connectivity index (χ4n) is 1.87. The molecule has 1 aromatic carbocycles. The summed E-state index contributed by atoms with van der Waals surface area (Å²) in [5.74, 6) is -0.249. The maximum absolute atomic E-state index is 13.2. The molecule has 2 atom stereocenters. The summed E-state index contributed by atoms with van der Waals surface area (Å²) in [6, 6.07) is 6.39. The molecule has 0 aromatic heterocycles. The van der Waals surface area contributed by atoms with E-state index in [2.05, 4.69) is 5.32 Å². The van der Waals surface area contributed by atoms with Crippen LogP contribution < -0.4 is 5.32 Å². The van der Waals surface area contributed by atoms with E-state index in [1.807, 2.05) is 6.07 Å². The summed E-state index contributed by atoms with van der Waals surface area (Å²) in [7, 11) is 0. The first-order valence-corrected chi connectivity index (χ1v) is 4.85. The molecule has 14 heavy (non-hydrogen) atoms. The van der Waals surface area contributed by atoms with Gasteiger partial charge in [-0.3, -0.25) is 0 Å². The maximum atomic E-state index is 13.2. The van der Waals surface area contributed by atoms with Gasteiger partial charge in [0.1, 0.15) is 12.0 Å². The van der Waals surface area contributed by atoms with Crippen molar-refractivity contribution in [3.63, 3.8) is 0 Å². The highest BCUT2D eigenvalue weighted by Gasteiger charge is 2.26. The molecule has 1 N–H and O–H groups in total. The summed E-state index contributed by atoms with van der Waals surface area (Å²) in [6.07, 6.45) is -0.176. The molecule has 1 heterocycles. The van der Waals surface area contributed by atoms with Crippen LogP contribution in [0.1, 0.15) is 5.56 Å². The van der Waals surface area contributed by atoms with Gasteiger partial charge < -0.3 is 5.32 Å².